The van der Waals surface area contributed by atoms with Gasteiger partial charge in [0.25, 0.3) is 5.91 Å². The van der Waals surface area contributed by atoms with E-state index in [0.29, 0.717) is 34.3 Å². The third-order valence-electron chi connectivity index (χ3n) is 4.62. The molecule has 240 valence electrons. The first kappa shape index (κ1) is 46.4. The minimum Gasteiger partial charge on any atom is -0.327 e. The van der Waals surface area contributed by atoms with Crippen molar-refractivity contribution in [1.29, 1.82) is 0 Å². The molecule has 1 aliphatic heterocycles. The van der Waals surface area contributed by atoms with Crippen molar-refractivity contribution in [3.8, 4) is 0 Å². The van der Waals surface area contributed by atoms with Crippen LogP contribution >= 0.6 is 23.2 Å². The van der Waals surface area contributed by atoms with Crippen LogP contribution in [0.5, 0.6) is 0 Å². The number of nitrogens with zero attached hydrogens (tertiary/aromatic N) is 2. The van der Waals surface area contributed by atoms with Crippen molar-refractivity contribution < 1.29 is 13.8 Å². The Morgan fingerprint density at radius 3 is 1.90 bits per heavy atom. The standard InChI is InChI=1S/C13H19N3O2.C9H11Cl2NOS.2C3H6.2C2H6/c1-5-7-10-8(3)9(4)14-13(18)12(15-10)16-11(17)6-2;1-3-12(2)14(13)9-7(10)5-4-6-8(9)11;2*1-3-2;2*1-2/h5,12H,1,6-7H2,2-4H3,(H,14,18)(H,16,17);4-6H,3H2,1-2H3;2*3H,1H2,2H3;2*1-2H3. The minimum absolute atomic E-state index is 0.200. The number of amides is 2. The van der Waals surface area contributed by atoms with E-state index in [1.807, 2.05) is 62.3 Å². The van der Waals surface area contributed by atoms with Gasteiger partial charge in [-0.25, -0.2) is 8.51 Å². The van der Waals surface area contributed by atoms with Crippen molar-refractivity contribution in [2.45, 2.75) is 93.1 Å². The van der Waals surface area contributed by atoms with Crippen molar-refractivity contribution >= 4 is 51.7 Å². The topological polar surface area (TPSA) is 90.9 Å². The Hall–Kier alpha value is -2.52. The first-order chi connectivity index (χ1) is 19.9. The van der Waals surface area contributed by atoms with Gasteiger partial charge in [0.2, 0.25) is 12.1 Å². The zero-order chi connectivity index (χ0) is 33.8. The van der Waals surface area contributed by atoms with Crippen LogP contribution in [0.4, 0.5) is 0 Å². The average Bonchev–Trinajstić information content (AvgIpc) is 3.07. The number of benzene rings is 1. The van der Waals surface area contributed by atoms with Crippen LogP contribution < -0.4 is 10.6 Å². The van der Waals surface area contributed by atoms with Gasteiger partial charge in [-0.3, -0.25) is 14.6 Å². The number of nitrogens with one attached hydrogen (secondary N) is 2. The normalized spacial score (nSPS) is 13.8. The fourth-order valence-corrected chi connectivity index (χ4v) is 4.30. The fraction of sp³-hybridized carbons (Fsp3) is 0.469. The molecule has 2 rings (SSSR count). The molecule has 0 aliphatic carbocycles. The second-order valence-electron chi connectivity index (χ2n) is 7.69. The Labute approximate surface area is 268 Å². The highest BCUT2D eigenvalue weighted by Gasteiger charge is 2.24. The van der Waals surface area contributed by atoms with Gasteiger partial charge in [-0.05, 0) is 45.4 Å². The zero-order valence-electron chi connectivity index (χ0n) is 27.6. The molecule has 2 N–H and O–H groups in total. The van der Waals surface area contributed by atoms with Crippen LogP contribution in [0, 0.1) is 0 Å². The summed E-state index contributed by atoms with van der Waals surface area (Å²) >= 11 is 11.8. The van der Waals surface area contributed by atoms with Crippen LogP contribution in [0.3, 0.4) is 0 Å². The van der Waals surface area contributed by atoms with Crippen LogP contribution in [0.25, 0.3) is 0 Å². The Balaban J connectivity index is -0.000000266. The fourth-order valence-electron chi connectivity index (χ4n) is 2.49. The molecule has 1 aliphatic rings. The lowest BCUT2D eigenvalue weighted by Crippen LogP contribution is -2.44. The number of allylic oxidation sites excluding steroid dienone is 5. The van der Waals surface area contributed by atoms with Crippen LogP contribution in [-0.4, -0.2) is 45.8 Å². The molecule has 10 heteroatoms. The van der Waals surface area contributed by atoms with Crippen LogP contribution in [0.1, 0.15) is 82.1 Å². The zero-order valence-corrected chi connectivity index (χ0v) is 29.9. The summed E-state index contributed by atoms with van der Waals surface area (Å²) in [7, 11) is 0.478. The molecule has 42 heavy (non-hydrogen) atoms. The van der Waals surface area contributed by atoms with Gasteiger partial charge in [0, 0.05) is 37.8 Å². The molecule has 2 amide bonds. The predicted octanol–water partition coefficient (Wildman–Crippen LogP) is 8.68. The summed E-state index contributed by atoms with van der Waals surface area (Å²) in [6.45, 7) is 30.2. The van der Waals surface area contributed by atoms with Crippen molar-refractivity contribution in [2.75, 3.05) is 13.6 Å². The summed E-state index contributed by atoms with van der Waals surface area (Å²) in [4.78, 5) is 28.0. The van der Waals surface area contributed by atoms with Crippen LogP contribution in [0.2, 0.25) is 10.0 Å². The van der Waals surface area contributed by atoms with E-state index in [2.05, 4.69) is 35.4 Å². The first-order valence-corrected chi connectivity index (χ1v) is 15.9. The van der Waals surface area contributed by atoms with Gasteiger partial charge in [0.15, 0.2) is 0 Å². The lowest BCUT2D eigenvalue weighted by Gasteiger charge is -2.14. The van der Waals surface area contributed by atoms with Gasteiger partial charge in [0.05, 0.1) is 14.9 Å². The second kappa shape index (κ2) is 30.0. The summed E-state index contributed by atoms with van der Waals surface area (Å²) < 4.78 is 13.6. The maximum Gasteiger partial charge on any atom is 0.269 e. The predicted molar refractivity (Wildman–Crippen MR) is 187 cm³/mol. The summed E-state index contributed by atoms with van der Waals surface area (Å²) in [6, 6.07) is 5.10. The summed E-state index contributed by atoms with van der Waals surface area (Å²) in [5.41, 5.74) is 2.44. The van der Waals surface area contributed by atoms with Crippen LogP contribution in [-0.2, 0) is 20.6 Å². The van der Waals surface area contributed by atoms with Gasteiger partial charge in [-0.15, -0.1) is 19.7 Å². The molecule has 1 aromatic carbocycles. The van der Waals surface area contributed by atoms with Crippen molar-refractivity contribution in [1.82, 2.24) is 14.9 Å². The van der Waals surface area contributed by atoms with Crippen LogP contribution in [0.15, 0.2) is 77.3 Å². The number of carbonyl (C=O) groups excluding carboxylic acids is 2. The van der Waals surface area contributed by atoms with E-state index in [9.17, 15) is 13.8 Å². The second-order valence-corrected chi connectivity index (χ2v) is 10.0. The first-order valence-electron chi connectivity index (χ1n) is 14.1. The molecule has 0 spiro atoms. The maximum absolute atomic E-state index is 11.9. The number of halogens is 2. The van der Waals surface area contributed by atoms with Gasteiger partial charge in [-0.1, -0.05) is 89.0 Å². The number of hydrogen-bond donors (Lipinski definition) is 2. The molecule has 0 radical (unpaired) electrons. The molecule has 0 saturated heterocycles. The lowest BCUT2D eigenvalue weighted by molar-refractivity contribution is -0.128. The van der Waals surface area contributed by atoms with E-state index in [1.54, 1.807) is 54.7 Å². The highest BCUT2D eigenvalue weighted by molar-refractivity contribution is 7.83. The monoisotopic (exact) mass is 644 g/mol. The largest absolute Gasteiger partial charge is 0.327 e. The third kappa shape index (κ3) is 19.6. The van der Waals surface area contributed by atoms with Crippen molar-refractivity contribution in [2.24, 2.45) is 4.99 Å². The van der Waals surface area contributed by atoms with Gasteiger partial charge in [-0.2, -0.15) is 0 Å². The quantitative estimate of drug-likeness (QED) is 0.291. The molecule has 2 atom stereocenters. The Bertz CT molecular complexity index is 1010. The molecule has 0 fully saturated rings. The third-order valence-corrected chi connectivity index (χ3v) is 7.09. The Morgan fingerprint density at radius 2 is 1.52 bits per heavy atom. The lowest BCUT2D eigenvalue weighted by atomic mass is 10.1. The molecule has 0 bridgehead atoms. The van der Waals surface area contributed by atoms with E-state index >= 15 is 0 Å². The number of hydrogen-bond acceptors (Lipinski definition) is 4. The molecular formula is C32H54Cl2N4O3S. The SMILES string of the molecule is C=CC.C=CC.C=CCC1=NC(NC(=O)CC)C(=O)NC(C)=C1C.CC.CC.CCN(C)S(=O)c1c(Cl)cccc1Cl. The van der Waals surface area contributed by atoms with Gasteiger partial charge in [0.1, 0.15) is 11.0 Å². The Morgan fingerprint density at radius 1 is 1.07 bits per heavy atom. The van der Waals surface area contributed by atoms with E-state index < -0.39 is 17.2 Å². The van der Waals surface area contributed by atoms with E-state index in [0.717, 1.165) is 17.0 Å². The maximum atomic E-state index is 11.9. The minimum atomic E-state index is -1.28. The summed E-state index contributed by atoms with van der Waals surface area (Å²) in [5.74, 6) is -0.512. The molecule has 1 heterocycles. The number of aliphatic imine (C=N–C) groups is 1. The molecule has 0 aromatic heterocycles. The molecule has 1 aromatic rings. The Kier molecular flexibility index (Phi) is 33.1. The van der Waals surface area contributed by atoms with Gasteiger partial charge >= 0.3 is 0 Å². The van der Waals surface area contributed by atoms with E-state index in [-0.39, 0.29) is 11.8 Å². The van der Waals surface area contributed by atoms with Crippen molar-refractivity contribution in [3.63, 3.8) is 0 Å². The molecular weight excluding hydrogens is 591 g/mol. The highest BCUT2D eigenvalue weighted by Crippen LogP contribution is 2.28. The summed E-state index contributed by atoms with van der Waals surface area (Å²) in [6.07, 6.45) is 5.25. The number of rotatable bonds is 7. The van der Waals surface area contributed by atoms with E-state index in [1.165, 1.54) is 0 Å². The molecule has 0 saturated carbocycles. The number of carbonyl (C=O) groups is 2. The molecule has 2 unspecified atom stereocenters. The van der Waals surface area contributed by atoms with Crippen molar-refractivity contribution in [3.05, 3.63) is 77.5 Å². The van der Waals surface area contributed by atoms with Gasteiger partial charge < -0.3 is 10.6 Å². The highest BCUT2D eigenvalue weighted by atomic mass is 35.5. The summed E-state index contributed by atoms with van der Waals surface area (Å²) in [5, 5.41) is 6.21. The average molecular weight is 646 g/mol. The van der Waals surface area contributed by atoms with E-state index in [4.69, 9.17) is 23.2 Å². The molecule has 7 nitrogen and oxygen atoms in total. The smallest absolute Gasteiger partial charge is 0.269 e.